The smallest absolute Gasteiger partial charge is 0.310 e. The molecular formula is C18H23N3O3. The molecule has 1 aromatic rings. The van der Waals surface area contributed by atoms with E-state index < -0.39 is 0 Å². The van der Waals surface area contributed by atoms with Gasteiger partial charge in [-0.3, -0.25) is 14.5 Å². The highest BCUT2D eigenvalue weighted by atomic mass is 16.5. The van der Waals surface area contributed by atoms with Gasteiger partial charge in [0.25, 0.3) is 0 Å². The van der Waals surface area contributed by atoms with Crippen LogP contribution in [0, 0.1) is 17.2 Å². The van der Waals surface area contributed by atoms with Crippen LogP contribution < -0.4 is 5.32 Å². The van der Waals surface area contributed by atoms with E-state index in [1.807, 2.05) is 17.9 Å². The minimum atomic E-state index is -0.335. The first kappa shape index (κ1) is 18.0. The summed E-state index contributed by atoms with van der Waals surface area (Å²) in [5.41, 5.74) is 1.21. The van der Waals surface area contributed by atoms with E-state index in [9.17, 15) is 9.59 Å². The zero-order valence-corrected chi connectivity index (χ0v) is 14.1. The first-order valence-corrected chi connectivity index (χ1v) is 8.26. The van der Waals surface area contributed by atoms with Crippen LogP contribution in [0.15, 0.2) is 24.3 Å². The quantitative estimate of drug-likeness (QED) is 0.837. The zero-order valence-electron chi connectivity index (χ0n) is 14.1. The lowest BCUT2D eigenvalue weighted by atomic mass is 9.97. The van der Waals surface area contributed by atoms with Crippen LogP contribution in [0.1, 0.15) is 32.3 Å². The van der Waals surface area contributed by atoms with Crippen LogP contribution >= 0.6 is 0 Å². The lowest BCUT2D eigenvalue weighted by Gasteiger charge is -2.35. The zero-order chi connectivity index (χ0) is 17.5. The van der Waals surface area contributed by atoms with Gasteiger partial charge >= 0.3 is 5.97 Å². The third-order valence-electron chi connectivity index (χ3n) is 4.28. The molecule has 0 aliphatic carbocycles. The van der Waals surface area contributed by atoms with Crippen molar-refractivity contribution in [3.8, 4) is 6.07 Å². The van der Waals surface area contributed by atoms with Crippen molar-refractivity contribution < 1.29 is 14.3 Å². The maximum atomic E-state index is 12.4. The van der Waals surface area contributed by atoms with Gasteiger partial charge in [0.05, 0.1) is 30.2 Å². The van der Waals surface area contributed by atoms with Gasteiger partial charge in [0.2, 0.25) is 5.91 Å². The number of nitrogens with one attached hydrogen (secondary N) is 1. The first-order chi connectivity index (χ1) is 11.5. The van der Waals surface area contributed by atoms with Crippen molar-refractivity contribution in [2.45, 2.75) is 32.7 Å². The van der Waals surface area contributed by atoms with E-state index >= 15 is 0 Å². The molecule has 1 aliphatic heterocycles. The minimum absolute atomic E-state index is 0.121. The van der Waals surface area contributed by atoms with Crippen molar-refractivity contribution in [1.82, 2.24) is 4.90 Å². The Morgan fingerprint density at radius 3 is 2.75 bits per heavy atom. The molecule has 1 amide bonds. The number of benzene rings is 1. The Hall–Kier alpha value is -2.39. The molecule has 1 saturated heterocycles. The molecule has 0 bridgehead atoms. The summed E-state index contributed by atoms with van der Waals surface area (Å²) in [5, 5.41) is 11.6. The average Bonchev–Trinajstić information content (AvgIpc) is 2.62. The summed E-state index contributed by atoms with van der Waals surface area (Å²) in [6, 6.07) is 8.46. The van der Waals surface area contributed by atoms with E-state index in [2.05, 4.69) is 5.32 Å². The fourth-order valence-electron chi connectivity index (χ4n) is 2.85. The summed E-state index contributed by atoms with van der Waals surface area (Å²) in [7, 11) is 0. The van der Waals surface area contributed by atoms with E-state index in [0.717, 1.165) is 19.4 Å². The third-order valence-corrected chi connectivity index (χ3v) is 4.28. The fraction of sp³-hybridized carbons (Fsp3) is 0.500. The normalized spacial score (nSPS) is 19.1. The predicted molar refractivity (Wildman–Crippen MR) is 90.2 cm³/mol. The van der Waals surface area contributed by atoms with Gasteiger partial charge in [-0.1, -0.05) is 0 Å². The number of hydrogen-bond acceptors (Lipinski definition) is 5. The van der Waals surface area contributed by atoms with Crippen LogP contribution in [0.4, 0.5) is 5.69 Å². The molecule has 0 radical (unpaired) electrons. The second-order valence-corrected chi connectivity index (χ2v) is 5.94. The van der Waals surface area contributed by atoms with Gasteiger partial charge in [0, 0.05) is 12.2 Å². The largest absolute Gasteiger partial charge is 0.466 e. The summed E-state index contributed by atoms with van der Waals surface area (Å²) < 4.78 is 5.09. The molecule has 2 atom stereocenters. The van der Waals surface area contributed by atoms with E-state index in [1.54, 1.807) is 31.2 Å². The molecule has 6 nitrogen and oxygen atoms in total. The summed E-state index contributed by atoms with van der Waals surface area (Å²) in [6.07, 6.45) is 1.68. The topological polar surface area (TPSA) is 82.4 Å². The Kier molecular flexibility index (Phi) is 6.33. The Balaban J connectivity index is 1.94. The SMILES string of the molecule is CCOC(=O)[C@H]1CCCN([C@@H](C)C(=O)Nc2ccc(C#N)cc2)C1. The van der Waals surface area contributed by atoms with Gasteiger partial charge in [-0.2, -0.15) is 5.26 Å². The van der Waals surface area contributed by atoms with Crippen molar-refractivity contribution in [3.63, 3.8) is 0 Å². The van der Waals surface area contributed by atoms with Crippen molar-refractivity contribution in [2.75, 3.05) is 25.0 Å². The number of anilines is 1. The van der Waals surface area contributed by atoms with Crippen LogP contribution in [0.2, 0.25) is 0 Å². The fourth-order valence-corrected chi connectivity index (χ4v) is 2.85. The minimum Gasteiger partial charge on any atom is -0.466 e. The number of rotatable bonds is 5. The van der Waals surface area contributed by atoms with Gasteiger partial charge in [-0.25, -0.2) is 0 Å². The molecule has 0 saturated carbocycles. The van der Waals surface area contributed by atoms with Crippen LogP contribution in [-0.4, -0.2) is 42.5 Å². The van der Waals surface area contributed by atoms with Gasteiger partial charge in [-0.15, -0.1) is 0 Å². The second-order valence-electron chi connectivity index (χ2n) is 5.94. The van der Waals surface area contributed by atoms with E-state index in [4.69, 9.17) is 10.00 Å². The Labute approximate surface area is 142 Å². The standard InChI is InChI=1S/C18H23N3O3/c1-3-24-18(23)15-5-4-10-21(12-15)13(2)17(22)20-16-8-6-14(11-19)7-9-16/h6-9,13,15H,3-5,10,12H2,1-2H3,(H,20,22)/t13-,15-/m0/s1. The highest BCUT2D eigenvalue weighted by Crippen LogP contribution is 2.20. The number of piperidine rings is 1. The van der Waals surface area contributed by atoms with E-state index in [-0.39, 0.29) is 23.8 Å². The number of nitrogens with zero attached hydrogens (tertiary/aromatic N) is 2. The molecule has 2 rings (SSSR count). The number of ether oxygens (including phenoxy) is 1. The molecule has 1 N–H and O–H groups in total. The summed E-state index contributed by atoms with van der Waals surface area (Å²) in [5.74, 6) is -0.463. The molecule has 128 valence electrons. The summed E-state index contributed by atoms with van der Waals surface area (Å²) >= 11 is 0. The number of esters is 1. The van der Waals surface area contributed by atoms with E-state index in [1.165, 1.54) is 0 Å². The van der Waals surface area contributed by atoms with Gasteiger partial charge in [-0.05, 0) is 57.5 Å². The molecule has 6 heteroatoms. The number of amides is 1. The van der Waals surface area contributed by atoms with Gasteiger partial charge in [0.1, 0.15) is 0 Å². The number of carbonyl (C=O) groups is 2. The van der Waals surface area contributed by atoms with Gasteiger partial charge < -0.3 is 10.1 Å². The molecular weight excluding hydrogens is 306 g/mol. The molecule has 0 aromatic heterocycles. The molecule has 24 heavy (non-hydrogen) atoms. The van der Waals surface area contributed by atoms with Crippen molar-refractivity contribution in [2.24, 2.45) is 5.92 Å². The van der Waals surface area contributed by atoms with Crippen molar-refractivity contribution in [3.05, 3.63) is 29.8 Å². The average molecular weight is 329 g/mol. The second kappa shape index (κ2) is 8.46. The third kappa shape index (κ3) is 4.56. The summed E-state index contributed by atoms with van der Waals surface area (Å²) in [4.78, 5) is 26.4. The number of hydrogen-bond donors (Lipinski definition) is 1. The lowest BCUT2D eigenvalue weighted by Crippen LogP contribution is -2.48. The number of likely N-dealkylation sites (tertiary alicyclic amines) is 1. The van der Waals surface area contributed by atoms with Gasteiger partial charge in [0.15, 0.2) is 0 Å². The predicted octanol–water partition coefficient (Wildman–Crippen LogP) is 2.16. The van der Waals surface area contributed by atoms with Crippen molar-refractivity contribution in [1.29, 1.82) is 5.26 Å². The molecule has 0 unspecified atom stereocenters. The van der Waals surface area contributed by atoms with E-state index in [0.29, 0.717) is 24.4 Å². The number of nitriles is 1. The van der Waals surface area contributed by atoms with Crippen LogP contribution in [0.25, 0.3) is 0 Å². The van der Waals surface area contributed by atoms with Crippen LogP contribution in [-0.2, 0) is 14.3 Å². The first-order valence-electron chi connectivity index (χ1n) is 8.26. The van der Waals surface area contributed by atoms with Crippen LogP contribution in [0.5, 0.6) is 0 Å². The summed E-state index contributed by atoms with van der Waals surface area (Å²) in [6.45, 7) is 5.35. The highest BCUT2D eigenvalue weighted by Gasteiger charge is 2.31. The molecule has 1 fully saturated rings. The lowest BCUT2D eigenvalue weighted by molar-refractivity contribution is -0.150. The molecule has 0 spiro atoms. The maximum Gasteiger partial charge on any atom is 0.310 e. The molecule has 1 aromatic carbocycles. The van der Waals surface area contributed by atoms with Crippen LogP contribution in [0.3, 0.4) is 0 Å². The Morgan fingerprint density at radius 2 is 2.12 bits per heavy atom. The molecule has 1 aliphatic rings. The molecule has 1 heterocycles. The monoisotopic (exact) mass is 329 g/mol. The van der Waals surface area contributed by atoms with Crippen molar-refractivity contribution >= 4 is 17.6 Å². The highest BCUT2D eigenvalue weighted by molar-refractivity contribution is 5.94. The Morgan fingerprint density at radius 1 is 1.42 bits per heavy atom. The Bertz CT molecular complexity index is 621. The number of carbonyl (C=O) groups excluding carboxylic acids is 2. The maximum absolute atomic E-state index is 12.4.